The summed E-state index contributed by atoms with van der Waals surface area (Å²) in [5, 5.41) is 0. The average molecular weight is 306 g/mol. The van der Waals surface area contributed by atoms with Gasteiger partial charge in [-0.1, -0.05) is 0 Å². The molecular formula is C16H26N4O2. The number of nitrogens with zero attached hydrogens (tertiary/aromatic N) is 4. The molecule has 0 saturated carbocycles. The zero-order valence-corrected chi connectivity index (χ0v) is 13.9. The molecule has 0 amide bonds. The quantitative estimate of drug-likeness (QED) is 0.829. The van der Waals surface area contributed by atoms with Crippen molar-refractivity contribution in [1.82, 2.24) is 9.97 Å². The fourth-order valence-corrected chi connectivity index (χ4v) is 3.16. The first-order valence-corrected chi connectivity index (χ1v) is 8.16. The second-order valence-corrected chi connectivity index (χ2v) is 6.25. The van der Waals surface area contributed by atoms with E-state index in [1.54, 1.807) is 6.33 Å². The summed E-state index contributed by atoms with van der Waals surface area (Å²) in [5.74, 6) is 1.97. The van der Waals surface area contributed by atoms with Gasteiger partial charge in [0.2, 0.25) is 0 Å². The van der Waals surface area contributed by atoms with E-state index in [2.05, 4.69) is 53.5 Å². The Hall–Kier alpha value is -1.40. The van der Waals surface area contributed by atoms with Crippen LogP contribution in [0.2, 0.25) is 0 Å². The van der Waals surface area contributed by atoms with Crippen LogP contribution >= 0.6 is 0 Å². The fourth-order valence-electron chi connectivity index (χ4n) is 3.16. The van der Waals surface area contributed by atoms with Crippen molar-refractivity contribution in [2.45, 2.75) is 52.0 Å². The Morgan fingerprint density at radius 3 is 1.77 bits per heavy atom. The highest BCUT2D eigenvalue weighted by Gasteiger charge is 2.29. The van der Waals surface area contributed by atoms with Gasteiger partial charge in [0.25, 0.3) is 0 Å². The predicted octanol–water partition coefficient (Wildman–Crippen LogP) is 1.70. The molecule has 2 aliphatic rings. The highest BCUT2D eigenvalue weighted by Crippen LogP contribution is 2.26. The number of ether oxygens (including phenoxy) is 2. The third-order valence-corrected chi connectivity index (χ3v) is 4.99. The molecule has 4 atom stereocenters. The van der Waals surface area contributed by atoms with E-state index >= 15 is 0 Å². The van der Waals surface area contributed by atoms with Crippen LogP contribution < -0.4 is 9.80 Å². The van der Waals surface area contributed by atoms with Gasteiger partial charge >= 0.3 is 0 Å². The maximum absolute atomic E-state index is 5.71. The topological polar surface area (TPSA) is 50.7 Å². The summed E-state index contributed by atoms with van der Waals surface area (Å²) in [5.41, 5.74) is 0. The third kappa shape index (κ3) is 2.90. The Morgan fingerprint density at radius 1 is 0.864 bits per heavy atom. The first-order valence-electron chi connectivity index (χ1n) is 8.16. The molecule has 6 nitrogen and oxygen atoms in total. The number of rotatable bonds is 2. The summed E-state index contributed by atoms with van der Waals surface area (Å²) < 4.78 is 11.4. The lowest BCUT2D eigenvalue weighted by molar-refractivity contribution is 0.0276. The van der Waals surface area contributed by atoms with E-state index in [9.17, 15) is 0 Å². The molecule has 0 N–H and O–H groups in total. The number of hydrogen-bond acceptors (Lipinski definition) is 6. The lowest BCUT2D eigenvalue weighted by atomic mass is 10.1. The summed E-state index contributed by atoms with van der Waals surface area (Å²) in [7, 11) is 0. The Morgan fingerprint density at radius 2 is 1.32 bits per heavy atom. The second-order valence-electron chi connectivity index (χ2n) is 6.25. The summed E-state index contributed by atoms with van der Waals surface area (Å²) in [6, 6.07) is 2.73. The third-order valence-electron chi connectivity index (χ3n) is 4.99. The number of hydrogen-bond donors (Lipinski definition) is 0. The summed E-state index contributed by atoms with van der Waals surface area (Å²) in [6.07, 6.45) is 2.11. The zero-order valence-electron chi connectivity index (χ0n) is 13.9. The van der Waals surface area contributed by atoms with E-state index < -0.39 is 0 Å². The molecule has 122 valence electrons. The van der Waals surface area contributed by atoms with Gasteiger partial charge in [0.15, 0.2) is 0 Å². The maximum Gasteiger partial charge on any atom is 0.134 e. The first-order chi connectivity index (χ1) is 10.6. The summed E-state index contributed by atoms with van der Waals surface area (Å²) in [4.78, 5) is 13.6. The van der Waals surface area contributed by atoms with Crippen LogP contribution in [0.25, 0.3) is 0 Å². The molecule has 0 spiro atoms. The van der Waals surface area contributed by atoms with Gasteiger partial charge in [-0.25, -0.2) is 9.97 Å². The molecule has 0 radical (unpaired) electrons. The molecule has 2 fully saturated rings. The van der Waals surface area contributed by atoms with E-state index in [1.165, 1.54) is 0 Å². The molecule has 6 heteroatoms. The van der Waals surface area contributed by atoms with Crippen LogP contribution in [-0.4, -0.2) is 60.6 Å². The van der Waals surface area contributed by atoms with E-state index in [4.69, 9.17) is 9.47 Å². The molecule has 0 unspecified atom stereocenters. The summed E-state index contributed by atoms with van der Waals surface area (Å²) >= 11 is 0. The van der Waals surface area contributed by atoms with Crippen molar-refractivity contribution in [2.75, 3.05) is 36.1 Å². The Kier molecular flexibility index (Phi) is 4.49. The lowest BCUT2D eigenvalue weighted by Crippen LogP contribution is -2.50. The van der Waals surface area contributed by atoms with Crippen LogP contribution in [0, 0.1) is 0 Å². The normalized spacial score (nSPS) is 33.1. The van der Waals surface area contributed by atoms with E-state index in [1.807, 2.05) is 0 Å². The first kappa shape index (κ1) is 15.5. The standard InChI is InChI=1S/C16H26N4O2/c1-11-13(3)21-7-5-19(11)15-9-16(18-10-17-15)20-6-8-22-14(4)12(20)2/h9-14H,5-8H2,1-4H3/t11-,12-,13-,14+/m0/s1. The molecular weight excluding hydrogens is 280 g/mol. The van der Waals surface area contributed by atoms with Gasteiger partial charge < -0.3 is 19.3 Å². The number of aromatic nitrogens is 2. The molecule has 3 rings (SSSR count). The molecule has 0 bridgehead atoms. The van der Waals surface area contributed by atoms with Gasteiger partial charge in [-0.2, -0.15) is 0 Å². The molecule has 22 heavy (non-hydrogen) atoms. The van der Waals surface area contributed by atoms with Crippen molar-refractivity contribution in [2.24, 2.45) is 0 Å². The SMILES string of the molecule is C[C@@H]1OCCN(c2cc(N3CCO[C@H](C)[C@@H]3C)ncn2)[C@H]1C. The minimum absolute atomic E-state index is 0.217. The highest BCUT2D eigenvalue weighted by atomic mass is 16.5. The summed E-state index contributed by atoms with van der Waals surface area (Å²) in [6.45, 7) is 11.8. The minimum Gasteiger partial charge on any atom is -0.375 e. The minimum atomic E-state index is 0.217. The lowest BCUT2D eigenvalue weighted by Gasteiger charge is -2.40. The Balaban J connectivity index is 1.83. The van der Waals surface area contributed by atoms with E-state index in [-0.39, 0.29) is 12.2 Å². The molecule has 1 aromatic heterocycles. The van der Waals surface area contributed by atoms with Gasteiger partial charge in [0.05, 0.1) is 37.5 Å². The highest BCUT2D eigenvalue weighted by molar-refractivity contribution is 5.52. The van der Waals surface area contributed by atoms with E-state index in [0.29, 0.717) is 12.1 Å². The van der Waals surface area contributed by atoms with Crippen LogP contribution in [0.5, 0.6) is 0 Å². The molecule has 0 aromatic carbocycles. The van der Waals surface area contributed by atoms with Crippen LogP contribution in [-0.2, 0) is 9.47 Å². The van der Waals surface area contributed by atoms with Gasteiger partial charge in [0, 0.05) is 19.2 Å². The second kappa shape index (κ2) is 6.38. The van der Waals surface area contributed by atoms with Gasteiger partial charge in [-0.05, 0) is 27.7 Å². The van der Waals surface area contributed by atoms with Gasteiger partial charge in [0.1, 0.15) is 18.0 Å². The molecule has 1 aromatic rings. The van der Waals surface area contributed by atoms with Crippen molar-refractivity contribution in [3.8, 4) is 0 Å². The van der Waals surface area contributed by atoms with Crippen molar-refractivity contribution in [3.63, 3.8) is 0 Å². The molecule has 0 aliphatic carbocycles. The monoisotopic (exact) mass is 306 g/mol. The smallest absolute Gasteiger partial charge is 0.134 e. The fraction of sp³-hybridized carbons (Fsp3) is 0.750. The van der Waals surface area contributed by atoms with Gasteiger partial charge in [-0.3, -0.25) is 0 Å². The van der Waals surface area contributed by atoms with Crippen molar-refractivity contribution < 1.29 is 9.47 Å². The largest absolute Gasteiger partial charge is 0.375 e. The Bertz CT molecular complexity index is 471. The van der Waals surface area contributed by atoms with Crippen LogP contribution in [0.3, 0.4) is 0 Å². The zero-order chi connectivity index (χ0) is 15.7. The van der Waals surface area contributed by atoms with Crippen molar-refractivity contribution in [3.05, 3.63) is 12.4 Å². The average Bonchev–Trinajstić information content (AvgIpc) is 2.53. The number of morpholine rings is 2. The van der Waals surface area contributed by atoms with Crippen LogP contribution in [0.15, 0.2) is 12.4 Å². The van der Waals surface area contributed by atoms with Crippen LogP contribution in [0.4, 0.5) is 11.6 Å². The molecule has 2 saturated heterocycles. The van der Waals surface area contributed by atoms with Gasteiger partial charge in [-0.15, -0.1) is 0 Å². The molecule has 2 aliphatic heterocycles. The number of anilines is 2. The van der Waals surface area contributed by atoms with Crippen molar-refractivity contribution in [1.29, 1.82) is 0 Å². The van der Waals surface area contributed by atoms with Crippen molar-refractivity contribution >= 4 is 11.6 Å². The predicted molar refractivity (Wildman–Crippen MR) is 86.5 cm³/mol. The molecule has 3 heterocycles. The maximum atomic E-state index is 5.71. The Labute approximate surface area is 132 Å². The van der Waals surface area contributed by atoms with E-state index in [0.717, 1.165) is 37.9 Å². The van der Waals surface area contributed by atoms with Crippen LogP contribution in [0.1, 0.15) is 27.7 Å².